The van der Waals surface area contributed by atoms with Gasteiger partial charge in [0.1, 0.15) is 0 Å². The van der Waals surface area contributed by atoms with Crippen molar-refractivity contribution in [1.29, 1.82) is 0 Å². The van der Waals surface area contributed by atoms with Crippen LogP contribution in [0, 0.1) is 5.92 Å². The van der Waals surface area contributed by atoms with Crippen LogP contribution in [0.1, 0.15) is 67.2 Å². The molecular formula is C32H34N4SZn. The second kappa shape index (κ2) is 13.6. The third kappa shape index (κ3) is 8.21. The van der Waals surface area contributed by atoms with E-state index >= 15 is 0 Å². The van der Waals surface area contributed by atoms with Gasteiger partial charge < -0.3 is 9.97 Å². The number of fused-ring (bicyclic) bond motifs is 8. The number of thiophene rings is 1. The molecule has 6 rings (SSSR count). The molecule has 0 saturated heterocycles. The zero-order valence-corrected chi connectivity index (χ0v) is 26.1. The molecule has 0 unspecified atom stereocenters. The summed E-state index contributed by atoms with van der Waals surface area (Å²) in [7, 11) is 0. The van der Waals surface area contributed by atoms with Gasteiger partial charge in [-0.2, -0.15) is 0 Å². The van der Waals surface area contributed by atoms with Gasteiger partial charge in [-0.25, -0.2) is 9.97 Å². The minimum Gasteiger partial charge on any atom is -0.355 e. The molecule has 0 radical (unpaired) electrons. The van der Waals surface area contributed by atoms with Crippen molar-refractivity contribution in [1.82, 2.24) is 19.9 Å². The third-order valence-electron chi connectivity index (χ3n) is 6.33. The number of nitrogens with one attached hydrogen (secondary N) is 2. The molecule has 4 aromatic rings. The second-order valence-electron chi connectivity index (χ2n) is 9.98. The molecule has 2 aliphatic rings. The Bertz CT molecular complexity index is 1450. The monoisotopic (exact) mass is 570 g/mol. The SMILES string of the molecule is C1=Cc2cc3ccc(cc4ccc(cc5nc(cc1n2)C=C5)[nH]4)[nH]3.CC(C)CCCCCc1cccs1.[Zn]. The Morgan fingerprint density at radius 3 is 1.68 bits per heavy atom. The summed E-state index contributed by atoms with van der Waals surface area (Å²) in [6.45, 7) is 4.61. The Morgan fingerprint density at radius 1 is 0.658 bits per heavy atom. The van der Waals surface area contributed by atoms with E-state index in [0.717, 1.165) is 50.8 Å². The summed E-state index contributed by atoms with van der Waals surface area (Å²) in [6, 6.07) is 20.8. The van der Waals surface area contributed by atoms with Gasteiger partial charge in [-0.15, -0.1) is 11.3 Å². The smallest absolute Gasteiger partial charge is 0.0659 e. The topological polar surface area (TPSA) is 57.4 Å². The van der Waals surface area contributed by atoms with Crippen molar-refractivity contribution in [3.8, 4) is 0 Å². The van der Waals surface area contributed by atoms with Gasteiger partial charge in [0.05, 0.1) is 22.8 Å². The molecule has 0 saturated carbocycles. The number of unbranched alkanes of at least 4 members (excludes halogenated alkanes) is 2. The van der Waals surface area contributed by atoms with Gasteiger partial charge in [-0.05, 0) is 103 Å². The van der Waals surface area contributed by atoms with Gasteiger partial charge in [0.25, 0.3) is 0 Å². The molecule has 0 fully saturated rings. The first-order valence-corrected chi connectivity index (χ1v) is 14.0. The number of H-pyrrole nitrogens is 2. The number of hydrogen-bond acceptors (Lipinski definition) is 3. The Hall–Kier alpha value is -3.08. The van der Waals surface area contributed by atoms with Crippen molar-refractivity contribution in [2.75, 3.05) is 0 Å². The Morgan fingerprint density at radius 2 is 1.18 bits per heavy atom. The average Bonchev–Trinajstić information content (AvgIpc) is 3.69. The van der Waals surface area contributed by atoms with E-state index in [1.54, 1.807) is 4.88 Å². The van der Waals surface area contributed by atoms with E-state index < -0.39 is 0 Å². The fourth-order valence-corrected chi connectivity index (χ4v) is 5.18. The summed E-state index contributed by atoms with van der Waals surface area (Å²) in [4.78, 5) is 17.6. The Balaban J connectivity index is 0.000000207. The van der Waals surface area contributed by atoms with Crippen LogP contribution in [0.25, 0.3) is 46.4 Å². The summed E-state index contributed by atoms with van der Waals surface area (Å²) < 4.78 is 0. The van der Waals surface area contributed by atoms with Gasteiger partial charge in [0.15, 0.2) is 0 Å². The maximum atomic E-state index is 4.62. The molecule has 2 N–H and O–H groups in total. The van der Waals surface area contributed by atoms with E-state index in [1.165, 1.54) is 32.1 Å². The Labute approximate surface area is 241 Å². The number of nitrogens with zero attached hydrogens (tertiary/aromatic N) is 2. The number of aromatic nitrogens is 4. The maximum Gasteiger partial charge on any atom is 0.0659 e. The van der Waals surface area contributed by atoms with Crippen LogP contribution in [0.2, 0.25) is 0 Å². The molecule has 190 valence electrons. The summed E-state index contributed by atoms with van der Waals surface area (Å²) in [5.41, 5.74) is 7.86. The predicted molar refractivity (Wildman–Crippen MR) is 160 cm³/mol. The van der Waals surface area contributed by atoms with Crippen LogP contribution in [-0.4, -0.2) is 19.9 Å². The second-order valence-corrected chi connectivity index (χ2v) is 11.0. The zero-order chi connectivity index (χ0) is 25.5. The fraction of sp³-hybridized carbons (Fsp3) is 0.250. The molecule has 2 aliphatic heterocycles. The van der Waals surface area contributed by atoms with E-state index in [1.807, 2.05) is 53.8 Å². The van der Waals surface area contributed by atoms with E-state index in [9.17, 15) is 0 Å². The minimum atomic E-state index is 0. The van der Waals surface area contributed by atoms with Gasteiger partial charge in [-0.1, -0.05) is 39.2 Å². The summed E-state index contributed by atoms with van der Waals surface area (Å²) in [6.07, 6.45) is 14.9. The molecule has 8 bridgehead atoms. The average molecular weight is 572 g/mol. The molecule has 38 heavy (non-hydrogen) atoms. The van der Waals surface area contributed by atoms with Gasteiger partial charge in [0, 0.05) is 46.4 Å². The molecular weight excluding hydrogens is 538 g/mol. The summed E-state index contributed by atoms with van der Waals surface area (Å²) >= 11 is 1.89. The standard InChI is InChI=1S/C20H14N4.C12H20S.Zn/c1-2-14-10-16-5-6-18(23-16)12-20-8-7-19(24-20)11-17-4-3-15(22-17)9-13(1)21-14;1-11(2)7-4-3-5-8-12-9-6-10-13-12;/h1-12,21-22H;6,9-11H,3-5,7-8H2,1-2H3;. The van der Waals surface area contributed by atoms with Gasteiger partial charge in [0.2, 0.25) is 0 Å². The number of aryl methyl sites for hydroxylation is 1. The molecule has 0 amide bonds. The fourth-order valence-electron chi connectivity index (χ4n) is 4.43. The van der Waals surface area contributed by atoms with Gasteiger partial charge in [-0.3, -0.25) is 0 Å². The number of aromatic amines is 2. The Kier molecular flexibility index (Phi) is 10.0. The molecule has 4 nitrogen and oxygen atoms in total. The predicted octanol–water partition coefficient (Wildman–Crippen LogP) is 9.16. The van der Waals surface area contributed by atoms with E-state index in [-0.39, 0.29) is 19.5 Å². The summed E-state index contributed by atoms with van der Waals surface area (Å²) in [5, 5.41) is 2.17. The van der Waals surface area contributed by atoms with E-state index in [2.05, 4.69) is 81.6 Å². The first kappa shape index (κ1) is 27.9. The van der Waals surface area contributed by atoms with Crippen molar-refractivity contribution in [2.45, 2.75) is 46.0 Å². The van der Waals surface area contributed by atoms with Crippen molar-refractivity contribution in [3.63, 3.8) is 0 Å². The van der Waals surface area contributed by atoms with Gasteiger partial charge >= 0.3 is 0 Å². The third-order valence-corrected chi connectivity index (χ3v) is 7.26. The van der Waals surface area contributed by atoms with Crippen LogP contribution in [0.15, 0.2) is 66.0 Å². The number of rotatable bonds is 6. The molecule has 0 aromatic carbocycles. The van der Waals surface area contributed by atoms with E-state index in [4.69, 9.17) is 0 Å². The molecule has 0 atom stereocenters. The van der Waals surface area contributed by atoms with Crippen LogP contribution in [0.3, 0.4) is 0 Å². The zero-order valence-electron chi connectivity index (χ0n) is 22.3. The molecule has 6 heteroatoms. The molecule has 6 heterocycles. The minimum absolute atomic E-state index is 0. The first-order chi connectivity index (χ1) is 18.1. The van der Waals surface area contributed by atoms with Crippen LogP contribution in [-0.2, 0) is 25.9 Å². The normalized spacial score (nSPS) is 11.8. The van der Waals surface area contributed by atoms with Crippen molar-refractivity contribution in [2.24, 2.45) is 5.92 Å². The molecule has 4 aromatic heterocycles. The summed E-state index contributed by atoms with van der Waals surface area (Å²) in [5.74, 6) is 0.877. The van der Waals surface area contributed by atoms with Crippen LogP contribution in [0.5, 0.6) is 0 Å². The first-order valence-electron chi connectivity index (χ1n) is 13.2. The van der Waals surface area contributed by atoms with Crippen LogP contribution < -0.4 is 0 Å². The van der Waals surface area contributed by atoms with Crippen molar-refractivity contribution < 1.29 is 19.5 Å². The molecule has 0 aliphatic carbocycles. The maximum absolute atomic E-state index is 4.62. The molecule has 0 spiro atoms. The largest absolute Gasteiger partial charge is 0.355 e. The van der Waals surface area contributed by atoms with Crippen LogP contribution in [0.4, 0.5) is 0 Å². The van der Waals surface area contributed by atoms with E-state index in [0.29, 0.717) is 0 Å². The van der Waals surface area contributed by atoms with Crippen molar-refractivity contribution >= 4 is 57.7 Å². The number of hydrogen-bond donors (Lipinski definition) is 2. The van der Waals surface area contributed by atoms with Crippen molar-refractivity contribution in [3.05, 3.63) is 93.7 Å². The van der Waals surface area contributed by atoms with Crippen LogP contribution >= 0.6 is 11.3 Å². The quantitative estimate of drug-likeness (QED) is 0.155.